The van der Waals surface area contributed by atoms with E-state index in [1.807, 2.05) is 0 Å². The van der Waals surface area contributed by atoms with Crippen LogP contribution in [0.2, 0.25) is 0 Å². The van der Waals surface area contributed by atoms with Crippen LogP contribution in [-0.2, 0) is 0 Å². The van der Waals surface area contributed by atoms with Gasteiger partial charge in [0.1, 0.15) is 17.2 Å². The second kappa shape index (κ2) is 13.4. The van der Waals surface area contributed by atoms with Gasteiger partial charge in [-0.2, -0.15) is 0 Å². The first-order valence-electron chi connectivity index (χ1n) is 20.3. The Morgan fingerprint density at radius 2 is 0.932 bits per heavy atom. The van der Waals surface area contributed by atoms with Crippen molar-refractivity contribution in [2.75, 3.05) is 0 Å². The molecule has 12 rings (SSSR count). The van der Waals surface area contributed by atoms with Crippen molar-refractivity contribution in [2.45, 2.75) is 0 Å². The highest BCUT2D eigenvalue weighted by Crippen LogP contribution is 2.43. The van der Waals surface area contributed by atoms with E-state index >= 15 is 0 Å². The van der Waals surface area contributed by atoms with Crippen LogP contribution < -0.4 is 41.1 Å². The van der Waals surface area contributed by atoms with E-state index in [-0.39, 0.29) is 6.92 Å². The largest absolute Gasteiger partial charge is 0.551 e. The molecule has 276 valence electrons. The Balaban J connectivity index is 1.08. The van der Waals surface area contributed by atoms with Crippen molar-refractivity contribution in [3.05, 3.63) is 218 Å². The fourth-order valence-corrected chi connectivity index (χ4v) is 14.7. The Bertz CT molecular complexity index is 3090. The van der Waals surface area contributed by atoms with Gasteiger partial charge in [-0.15, -0.1) is 0 Å². The standard InChI is InChI=1S/C54H36BNO2Si/c1-4-18-38(19-5-1)59(39-20-6-2-7-21-39,40-22-8-3-9-23-40)41-32-33-47-52(36-41)57-53-35-37(34-46-45-27-13-17-31-51(45)58-55(47)54(46)53)42-24-10-14-28-48(42)56-49-29-15-11-25-43(49)44-26-12-16-30-50(44)56/h1-36H. The number of hydrogen-bond acceptors (Lipinski definition) is 2. The Morgan fingerprint density at radius 3 is 1.58 bits per heavy atom. The quantitative estimate of drug-likeness (QED) is 0.125. The van der Waals surface area contributed by atoms with Crippen molar-refractivity contribution in [1.29, 1.82) is 0 Å². The van der Waals surface area contributed by atoms with Crippen molar-refractivity contribution >= 4 is 68.5 Å². The minimum absolute atomic E-state index is 0.324. The molecule has 0 saturated carbocycles. The minimum Gasteiger partial charge on any atom is -0.551 e. The first kappa shape index (κ1) is 33.8. The first-order valence-corrected chi connectivity index (χ1v) is 22.3. The van der Waals surface area contributed by atoms with Gasteiger partial charge in [-0.3, -0.25) is 0 Å². The highest BCUT2D eigenvalue weighted by molar-refractivity contribution is 7.20. The van der Waals surface area contributed by atoms with Gasteiger partial charge >= 0.3 is 6.92 Å². The van der Waals surface area contributed by atoms with E-state index in [9.17, 15) is 0 Å². The summed E-state index contributed by atoms with van der Waals surface area (Å²) >= 11 is 0. The highest BCUT2D eigenvalue weighted by atomic mass is 28.3. The van der Waals surface area contributed by atoms with Gasteiger partial charge in [0.15, 0.2) is 8.07 Å². The normalized spacial score (nSPS) is 12.6. The fourth-order valence-electron chi connectivity index (χ4n) is 9.91. The molecule has 9 aromatic carbocycles. The predicted octanol–water partition coefficient (Wildman–Crippen LogP) is 9.10. The number of fused-ring (bicyclic) bond motifs is 7. The summed E-state index contributed by atoms with van der Waals surface area (Å²) in [5.74, 6) is 2.53. The van der Waals surface area contributed by atoms with E-state index in [0.717, 1.165) is 56.1 Å². The zero-order valence-electron chi connectivity index (χ0n) is 32.1. The van der Waals surface area contributed by atoms with Crippen LogP contribution in [0, 0.1) is 0 Å². The maximum atomic E-state index is 7.25. The Kier molecular flexibility index (Phi) is 7.65. The molecule has 0 fully saturated rings. The maximum absolute atomic E-state index is 7.25. The molecule has 0 atom stereocenters. The number of rotatable bonds is 6. The van der Waals surface area contributed by atoms with Crippen LogP contribution in [0.3, 0.4) is 0 Å². The lowest BCUT2D eigenvalue weighted by atomic mass is 9.50. The maximum Gasteiger partial charge on any atom is 0.434 e. The van der Waals surface area contributed by atoms with Crippen LogP contribution in [0.5, 0.6) is 17.2 Å². The topological polar surface area (TPSA) is 23.4 Å². The number of aromatic nitrogens is 1. The van der Waals surface area contributed by atoms with Gasteiger partial charge in [0.25, 0.3) is 0 Å². The lowest BCUT2D eigenvalue weighted by molar-refractivity contribution is 0.480. The zero-order valence-corrected chi connectivity index (χ0v) is 33.1. The van der Waals surface area contributed by atoms with Crippen molar-refractivity contribution in [3.63, 3.8) is 0 Å². The third-order valence-electron chi connectivity index (χ3n) is 12.4. The fraction of sp³-hybridized carbons (Fsp3) is 0. The molecule has 0 spiro atoms. The molecular formula is C54H36BNO2Si. The number of nitrogens with zero attached hydrogens (tertiary/aromatic N) is 1. The molecule has 3 nitrogen and oxygen atoms in total. The molecule has 59 heavy (non-hydrogen) atoms. The Morgan fingerprint density at radius 1 is 0.390 bits per heavy atom. The van der Waals surface area contributed by atoms with Gasteiger partial charge in [0, 0.05) is 32.8 Å². The number of para-hydroxylation sites is 4. The molecule has 0 unspecified atom stereocenters. The molecule has 0 amide bonds. The van der Waals surface area contributed by atoms with Crippen molar-refractivity contribution < 1.29 is 9.39 Å². The second-order valence-corrected chi connectivity index (χ2v) is 19.3. The molecule has 0 radical (unpaired) electrons. The van der Waals surface area contributed by atoms with Crippen LogP contribution >= 0.6 is 0 Å². The zero-order chi connectivity index (χ0) is 38.9. The molecule has 0 bridgehead atoms. The van der Waals surface area contributed by atoms with Gasteiger partial charge in [-0.25, -0.2) is 0 Å². The van der Waals surface area contributed by atoms with E-state index in [1.165, 1.54) is 42.6 Å². The average molecular weight is 770 g/mol. The van der Waals surface area contributed by atoms with Gasteiger partial charge in [0.05, 0.1) is 16.7 Å². The summed E-state index contributed by atoms with van der Waals surface area (Å²) in [5, 5.41) is 7.70. The van der Waals surface area contributed by atoms with Gasteiger partial charge in [-0.05, 0) is 74.3 Å². The molecule has 10 aromatic rings. The van der Waals surface area contributed by atoms with E-state index in [0.29, 0.717) is 0 Å². The van der Waals surface area contributed by atoms with Crippen LogP contribution in [0.1, 0.15) is 0 Å². The molecule has 0 saturated heterocycles. The molecular weight excluding hydrogens is 733 g/mol. The Hall–Kier alpha value is -7.34. The van der Waals surface area contributed by atoms with Gasteiger partial charge < -0.3 is 14.0 Å². The number of hydrogen-bond donors (Lipinski definition) is 0. The molecule has 0 N–H and O–H groups in total. The van der Waals surface area contributed by atoms with Crippen molar-refractivity contribution in [2.24, 2.45) is 0 Å². The van der Waals surface area contributed by atoms with Crippen LogP contribution in [0.4, 0.5) is 0 Å². The van der Waals surface area contributed by atoms with E-state index in [1.54, 1.807) is 0 Å². The second-order valence-electron chi connectivity index (χ2n) is 15.5. The lowest BCUT2D eigenvalue weighted by Gasteiger charge is -2.37. The highest BCUT2D eigenvalue weighted by Gasteiger charge is 2.45. The first-order chi connectivity index (χ1) is 29.3. The predicted molar refractivity (Wildman–Crippen MR) is 247 cm³/mol. The molecule has 2 aliphatic heterocycles. The van der Waals surface area contributed by atoms with E-state index in [4.69, 9.17) is 9.39 Å². The SMILES string of the molecule is c1ccc([Si](c2ccccc2)(c2ccccc2)c2ccc3c(c2)Oc2cc(-c4ccccc4-n4c5ccccc5c5ccccc54)cc4c2B3Oc2ccccc2-4)cc1. The molecule has 1 aromatic heterocycles. The summed E-state index contributed by atoms with van der Waals surface area (Å²) in [6.45, 7) is -0.324. The Labute approximate surface area is 344 Å². The average Bonchev–Trinajstić information content (AvgIpc) is 3.64. The van der Waals surface area contributed by atoms with Gasteiger partial charge in [-0.1, -0.05) is 176 Å². The summed E-state index contributed by atoms with van der Waals surface area (Å²) in [4.78, 5) is 0. The number of ether oxygens (including phenoxy) is 1. The van der Waals surface area contributed by atoms with Crippen molar-refractivity contribution in [1.82, 2.24) is 4.57 Å². The molecule has 3 heterocycles. The van der Waals surface area contributed by atoms with Crippen LogP contribution in [0.25, 0.3) is 49.7 Å². The monoisotopic (exact) mass is 769 g/mol. The van der Waals surface area contributed by atoms with Gasteiger partial charge in [0.2, 0.25) is 0 Å². The number of benzene rings is 9. The summed E-state index contributed by atoms with van der Waals surface area (Å²) in [6, 6.07) is 79.2. The smallest absolute Gasteiger partial charge is 0.434 e. The minimum atomic E-state index is -2.81. The summed E-state index contributed by atoms with van der Waals surface area (Å²) < 4.78 is 16.7. The summed E-state index contributed by atoms with van der Waals surface area (Å²) in [5.41, 5.74) is 10.0. The van der Waals surface area contributed by atoms with Crippen molar-refractivity contribution in [3.8, 4) is 45.2 Å². The van der Waals surface area contributed by atoms with E-state index in [2.05, 4.69) is 223 Å². The summed E-state index contributed by atoms with van der Waals surface area (Å²) in [7, 11) is -2.81. The molecule has 2 aliphatic rings. The van der Waals surface area contributed by atoms with Crippen LogP contribution in [0.15, 0.2) is 218 Å². The van der Waals surface area contributed by atoms with E-state index < -0.39 is 8.07 Å². The molecule has 5 heteroatoms. The third kappa shape index (κ3) is 5.08. The van der Waals surface area contributed by atoms with Crippen LogP contribution in [-0.4, -0.2) is 19.6 Å². The molecule has 0 aliphatic carbocycles. The summed E-state index contributed by atoms with van der Waals surface area (Å²) in [6.07, 6.45) is 0. The lowest BCUT2D eigenvalue weighted by Crippen LogP contribution is -2.75. The third-order valence-corrected chi connectivity index (χ3v) is 17.2.